The largest absolute Gasteiger partial charge is 0.395 e. The highest BCUT2D eigenvalue weighted by Crippen LogP contribution is 2.28. The number of halogens is 1. The lowest BCUT2D eigenvalue weighted by molar-refractivity contribution is -0.118. The van der Waals surface area contributed by atoms with Crippen LogP contribution in [-0.4, -0.2) is 35.9 Å². The molecule has 1 heterocycles. The van der Waals surface area contributed by atoms with Crippen molar-refractivity contribution in [3.05, 3.63) is 41.8 Å². The molecule has 26 heavy (non-hydrogen) atoms. The molecule has 1 aromatic carbocycles. The van der Waals surface area contributed by atoms with E-state index in [0.717, 1.165) is 24.3 Å². The summed E-state index contributed by atoms with van der Waals surface area (Å²) < 4.78 is 41.7. The third kappa shape index (κ3) is 3.63. The Balaban J connectivity index is 2.26. The highest BCUT2D eigenvalue weighted by Gasteiger charge is 2.43. The first kappa shape index (κ1) is 20.1. The lowest BCUT2D eigenvalue weighted by Crippen LogP contribution is -2.44. The van der Waals surface area contributed by atoms with Crippen molar-refractivity contribution in [2.24, 2.45) is 0 Å². The number of sulfone groups is 1. The fourth-order valence-corrected chi connectivity index (χ4v) is 3.41. The summed E-state index contributed by atoms with van der Waals surface area (Å²) in [6.45, 7) is 5.78. The smallest absolute Gasteiger partial charge is 0.248 e. The molecule has 0 saturated heterocycles. The third-order valence-corrected chi connectivity index (χ3v) is 6.60. The van der Waals surface area contributed by atoms with Crippen LogP contribution in [0.3, 0.4) is 0 Å². The molecule has 0 radical (unpaired) electrons. The quantitative estimate of drug-likeness (QED) is 0.740. The molecule has 1 amide bonds. The van der Waals surface area contributed by atoms with Crippen molar-refractivity contribution in [3.8, 4) is 0 Å². The summed E-state index contributed by atoms with van der Waals surface area (Å²) in [4.78, 5) is 12.4. The van der Waals surface area contributed by atoms with Crippen LogP contribution in [0.5, 0.6) is 0 Å². The Morgan fingerprint density at radius 3 is 2.35 bits per heavy atom. The van der Waals surface area contributed by atoms with Crippen LogP contribution in [0.1, 0.15) is 33.4 Å². The number of aliphatic hydroxyl groups is 1. The zero-order chi connectivity index (χ0) is 19.8. The molecule has 2 aromatic rings. The van der Waals surface area contributed by atoms with Gasteiger partial charge in [-0.1, -0.05) is 19.0 Å². The van der Waals surface area contributed by atoms with E-state index in [0.29, 0.717) is 5.69 Å². The van der Waals surface area contributed by atoms with Gasteiger partial charge in [-0.3, -0.25) is 10.1 Å². The van der Waals surface area contributed by atoms with E-state index < -0.39 is 31.7 Å². The van der Waals surface area contributed by atoms with Gasteiger partial charge in [0.25, 0.3) is 0 Å². The SMILES string of the molecule is CC(C)(CO)c1cc(NC(=O)C(C)(C)S(=O)(=O)c2ccc(F)cc2)on1. The maximum atomic E-state index is 13.0. The van der Waals surface area contributed by atoms with E-state index in [1.54, 1.807) is 13.8 Å². The van der Waals surface area contributed by atoms with Crippen LogP contribution in [0.25, 0.3) is 0 Å². The van der Waals surface area contributed by atoms with Gasteiger partial charge in [-0.2, -0.15) is 0 Å². The van der Waals surface area contributed by atoms with E-state index in [9.17, 15) is 22.7 Å². The Morgan fingerprint density at radius 2 is 1.81 bits per heavy atom. The molecule has 0 unspecified atom stereocenters. The van der Waals surface area contributed by atoms with Crippen LogP contribution < -0.4 is 5.32 Å². The highest BCUT2D eigenvalue weighted by atomic mass is 32.2. The van der Waals surface area contributed by atoms with Crippen LogP contribution in [0.4, 0.5) is 10.3 Å². The number of aromatic nitrogens is 1. The summed E-state index contributed by atoms with van der Waals surface area (Å²) in [6, 6.07) is 5.67. The molecule has 0 aliphatic heterocycles. The van der Waals surface area contributed by atoms with E-state index in [1.807, 2.05) is 0 Å². The second-order valence-corrected chi connectivity index (χ2v) is 9.54. The predicted octanol–water partition coefficient (Wildman–Crippen LogP) is 2.27. The van der Waals surface area contributed by atoms with Gasteiger partial charge in [0.1, 0.15) is 10.6 Å². The fourth-order valence-electron chi connectivity index (χ4n) is 2.03. The summed E-state index contributed by atoms with van der Waals surface area (Å²) in [5.74, 6) is -1.44. The molecule has 9 heteroatoms. The van der Waals surface area contributed by atoms with Crippen LogP contribution in [0.2, 0.25) is 0 Å². The minimum Gasteiger partial charge on any atom is -0.395 e. The molecule has 0 aliphatic carbocycles. The van der Waals surface area contributed by atoms with Crippen molar-refractivity contribution in [2.75, 3.05) is 11.9 Å². The number of carbonyl (C=O) groups excluding carboxylic acids is 1. The minimum absolute atomic E-state index is 0.0334. The van der Waals surface area contributed by atoms with Crippen LogP contribution >= 0.6 is 0 Å². The third-order valence-electron chi connectivity index (χ3n) is 4.18. The Labute approximate surface area is 151 Å². The first-order chi connectivity index (χ1) is 11.9. The zero-order valence-corrected chi connectivity index (χ0v) is 15.7. The van der Waals surface area contributed by atoms with Crippen molar-refractivity contribution < 1.29 is 27.2 Å². The molecule has 0 saturated carbocycles. The van der Waals surface area contributed by atoms with E-state index in [1.165, 1.54) is 19.9 Å². The lowest BCUT2D eigenvalue weighted by Gasteiger charge is -2.23. The molecule has 0 spiro atoms. The summed E-state index contributed by atoms with van der Waals surface area (Å²) in [7, 11) is -4.08. The molecule has 0 atom stereocenters. The number of amides is 1. The van der Waals surface area contributed by atoms with Crippen LogP contribution in [-0.2, 0) is 20.0 Å². The van der Waals surface area contributed by atoms with Crippen molar-refractivity contribution in [2.45, 2.75) is 42.8 Å². The number of carbonyl (C=O) groups is 1. The minimum atomic E-state index is -4.08. The maximum absolute atomic E-state index is 13.0. The van der Waals surface area contributed by atoms with Gasteiger partial charge >= 0.3 is 0 Å². The standard InChI is InChI=1S/C17H21FN2O5S/c1-16(2,10-21)13-9-14(25-20-13)19-15(22)17(3,4)26(23,24)12-7-5-11(18)6-8-12/h5-9,21H,10H2,1-4H3,(H,19,22). The van der Waals surface area contributed by atoms with E-state index in [4.69, 9.17) is 4.52 Å². The molecule has 1 aromatic heterocycles. The highest BCUT2D eigenvalue weighted by molar-refractivity contribution is 7.93. The van der Waals surface area contributed by atoms with Gasteiger partial charge < -0.3 is 9.63 Å². The Hall–Kier alpha value is -2.26. The second kappa shape index (κ2) is 6.81. The molecular formula is C17H21FN2O5S. The number of aliphatic hydroxyl groups excluding tert-OH is 1. The number of nitrogens with zero attached hydrogens (tertiary/aromatic N) is 1. The first-order valence-electron chi connectivity index (χ1n) is 7.81. The normalized spacial score (nSPS) is 12.8. The van der Waals surface area contributed by atoms with Gasteiger partial charge in [0, 0.05) is 11.5 Å². The molecule has 0 fully saturated rings. The molecular weight excluding hydrogens is 363 g/mol. The van der Waals surface area contributed by atoms with E-state index in [-0.39, 0.29) is 17.4 Å². The van der Waals surface area contributed by atoms with Gasteiger partial charge in [0.15, 0.2) is 9.84 Å². The molecule has 7 nitrogen and oxygen atoms in total. The topological polar surface area (TPSA) is 110 Å². The van der Waals surface area contributed by atoms with Gasteiger partial charge in [0.2, 0.25) is 11.8 Å². The molecule has 2 rings (SSSR count). The van der Waals surface area contributed by atoms with Crippen LogP contribution in [0, 0.1) is 5.82 Å². The van der Waals surface area contributed by atoms with Gasteiger partial charge in [0.05, 0.1) is 17.2 Å². The van der Waals surface area contributed by atoms with E-state index >= 15 is 0 Å². The number of hydrogen-bond donors (Lipinski definition) is 2. The average molecular weight is 384 g/mol. The second-order valence-electron chi connectivity index (χ2n) is 7.04. The monoisotopic (exact) mass is 384 g/mol. The van der Waals surface area contributed by atoms with Gasteiger partial charge in [-0.25, -0.2) is 12.8 Å². The van der Waals surface area contributed by atoms with E-state index in [2.05, 4.69) is 10.5 Å². The van der Waals surface area contributed by atoms with Crippen molar-refractivity contribution >= 4 is 21.6 Å². The summed E-state index contributed by atoms with van der Waals surface area (Å²) in [5, 5.41) is 15.5. The number of benzene rings is 1. The predicted molar refractivity (Wildman–Crippen MR) is 92.9 cm³/mol. The lowest BCUT2D eigenvalue weighted by atomic mass is 9.91. The van der Waals surface area contributed by atoms with Crippen molar-refractivity contribution in [1.29, 1.82) is 0 Å². The Kier molecular flexibility index (Phi) is 5.25. The number of rotatable bonds is 6. The molecule has 142 valence electrons. The molecule has 0 aliphatic rings. The summed E-state index contributed by atoms with van der Waals surface area (Å²) >= 11 is 0. The van der Waals surface area contributed by atoms with Crippen molar-refractivity contribution in [1.82, 2.24) is 5.16 Å². The number of nitrogens with one attached hydrogen (secondary N) is 1. The zero-order valence-electron chi connectivity index (χ0n) is 14.9. The Morgan fingerprint density at radius 1 is 1.23 bits per heavy atom. The van der Waals surface area contributed by atoms with Gasteiger partial charge in [-0.05, 0) is 38.1 Å². The fraction of sp³-hybridized carbons (Fsp3) is 0.412. The van der Waals surface area contributed by atoms with Gasteiger partial charge in [-0.15, -0.1) is 0 Å². The summed E-state index contributed by atoms with van der Waals surface area (Å²) in [5.41, 5.74) is -0.267. The van der Waals surface area contributed by atoms with Crippen molar-refractivity contribution in [3.63, 3.8) is 0 Å². The number of anilines is 1. The number of hydrogen-bond acceptors (Lipinski definition) is 6. The van der Waals surface area contributed by atoms with Crippen LogP contribution in [0.15, 0.2) is 39.8 Å². The maximum Gasteiger partial charge on any atom is 0.248 e. The Bertz CT molecular complexity index is 901. The molecule has 0 bridgehead atoms. The first-order valence-corrected chi connectivity index (χ1v) is 9.30. The summed E-state index contributed by atoms with van der Waals surface area (Å²) in [6.07, 6.45) is 0. The average Bonchev–Trinajstić information content (AvgIpc) is 3.04. The molecule has 2 N–H and O–H groups in total.